The van der Waals surface area contributed by atoms with Crippen LogP contribution in [0.15, 0.2) is 65.3 Å². The van der Waals surface area contributed by atoms with Crippen molar-refractivity contribution in [3.63, 3.8) is 0 Å². The fourth-order valence-corrected chi connectivity index (χ4v) is 6.06. The van der Waals surface area contributed by atoms with Gasteiger partial charge in [0.2, 0.25) is 5.91 Å². The highest BCUT2D eigenvalue weighted by atomic mass is 35.5. The van der Waals surface area contributed by atoms with E-state index in [1.54, 1.807) is 47.4 Å². The first-order valence-electron chi connectivity index (χ1n) is 13.5. The van der Waals surface area contributed by atoms with Crippen LogP contribution in [0, 0.1) is 5.92 Å². The molecule has 2 aromatic carbocycles. The first-order valence-corrected chi connectivity index (χ1v) is 13.9. The number of furan rings is 1. The van der Waals surface area contributed by atoms with Gasteiger partial charge in [0.25, 0.3) is 17.7 Å². The maximum atomic E-state index is 13.5. The molecule has 0 radical (unpaired) electrons. The van der Waals surface area contributed by atoms with Gasteiger partial charge >= 0.3 is 0 Å². The Morgan fingerprint density at radius 2 is 1.65 bits per heavy atom. The lowest BCUT2D eigenvalue weighted by molar-refractivity contribution is -0.137. The van der Waals surface area contributed by atoms with Crippen molar-refractivity contribution in [2.45, 2.75) is 19.4 Å². The largest absolute Gasteiger partial charge is 0.459 e. The molecule has 0 spiro atoms. The number of benzene rings is 2. The topological polar surface area (TPSA) is 94.4 Å². The summed E-state index contributed by atoms with van der Waals surface area (Å²) in [4.78, 5) is 59.7. The third-order valence-corrected chi connectivity index (χ3v) is 8.35. The zero-order valence-corrected chi connectivity index (χ0v) is 22.7. The smallest absolute Gasteiger partial charge is 0.289 e. The minimum atomic E-state index is -0.346. The fraction of sp³-hybridized carbons (Fsp3) is 0.333. The van der Waals surface area contributed by atoms with Crippen molar-refractivity contribution in [3.8, 4) is 0 Å². The van der Waals surface area contributed by atoms with Gasteiger partial charge < -0.3 is 19.1 Å². The van der Waals surface area contributed by atoms with E-state index >= 15 is 0 Å². The first-order chi connectivity index (χ1) is 19.4. The number of halogens is 1. The van der Waals surface area contributed by atoms with Crippen LogP contribution in [0.4, 0.5) is 5.69 Å². The summed E-state index contributed by atoms with van der Waals surface area (Å²) in [5.41, 5.74) is 2.15. The van der Waals surface area contributed by atoms with E-state index in [4.69, 9.17) is 16.0 Å². The molecule has 0 unspecified atom stereocenters. The highest BCUT2D eigenvalue weighted by Crippen LogP contribution is 2.35. The zero-order chi connectivity index (χ0) is 27.8. The van der Waals surface area contributed by atoms with Gasteiger partial charge in [0.1, 0.15) is 0 Å². The van der Waals surface area contributed by atoms with Gasteiger partial charge in [0.15, 0.2) is 5.76 Å². The van der Waals surface area contributed by atoms with E-state index in [1.165, 1.54) is 11.2 Å². The summed E-state index contributed by atoms with van der Waals surface area (Å²) in [6.45, 7) is 3.09. The predicted molar refractivity (Wildman–Crippen MR) is 148 cm³/mol. The molecule has 0 aliphatic carbocycles. The molecule has 206 valence electrons. The molecule has 10 heteroatoms. The summed E-state index contributed by atoms with van der Waals surface area (Å²) in [5, 5.41) is 0.503. The highest BCUT2D eigenvalue weighted by Gasteiger charge is 2.40. The quantitative estimate of drug-likeness (QED) is 0.439. The van der Waals surface area contributed by atoms with Crippen molar-refractivity contribution in [1.29, 1.82) is 0 Å². The molecule has 0 N–H and O–H groups in total. The van der Waals surface area contributed by atoms with Gasteiger partial charge in [-0.2, -0.15) is 0 Å². The Hall–Kier alpha value is -4.11. The molecule has 40 heavy (non-hydrogen) atoms. The minimum absolute atomic E-state index is 0.0603. The molecule has 3 aliphatic rings. The molecular weight excluding hydrogens is 532 g/mol. The van der Waals surface area contributed by atoms with Crippen LogP contribution < -0.4 is 4.90 Å². The van der Waals surface area contributed by atoms with Crippen LogP contribution in [-0.4, -0.2) is 77.6 Å². The lowest BCUT2D eigenvalue weighted by Crippen LogP contribution is -2.53. The molecule has 1 aromatic heterocycles. The third kappa shape index (κ3) is 4.75. The molecule has 0 bridgehead atoms. The number of nitrogens with zero attached hydrogens (tertiary/aromatic N) is 4. The maximum absolute atomic E-state index is 13.5. The summed E-state index contributed by atoms with van der Waals surface area (Å²) in [6.07, 6.45) is 3.02. The number of amides is 4. The van der Waals surface area contributed by atoms with Gasteiger partial charge in [0, 0.05) is 44.3 Å². The van der Waals surface area contributed by atoms with E-state index in [-0.39, 0.29) is 36.1 Å². The zero-order valence-electron chi connectivity index (χ0n) is 21.9. The lowest BCUT2D eigenvalue weighted by atomic mass is 9.94. The number of carbonyl (C=O) groups is 4. The normalized spacial score (nSPS) is 19.3. The predicted octanol–water partition coefficient (Wildman–Crippen LogP) is 3.93. The van der Waals surface area contributed by atoms with E-state index in [2.05, 4.69) is 4.90 Å². The Morgan fingerprint density at radius 1 is 0.875 bits per heavy atom. The Bertz CT molecular complexity index is 1460. The minimum Gasteiger partial charge on any atom is -0.459 e. The van der Waals surface area contributed by atoms with E-state index in [1.807, 2.05) is 17.0 Å². The van der Waals surface area contributed by atoms with Crippen LogP contribution in [0.1, 0.15) is 49.7 Å². The van der Waals surface area contributed by atoms with Gasteiger partial charge in [-0.3, -0.25) is 24.1 Å². The number of rotatable bonds is 5. The molecule has 9 nitrogen and oxygen atoms in total. The Morgan fingerprint density at radius 3 is 2.40 bits per heavy atom. The number of hydrogen-bond acceptors (Lipinski definition) is 6. The molecule has 0 saturated carbocycles. The highest BCUT2D eigenvalue weighted by molar-refractivity contribution is 6.31. The van der Waals surface area contributed by atoms with E-state index < -0.39 is 0 Å². The Balaban J connectivity index is 1.14. The third-order valence-electron chi connectivity index (χ3n) is 7.99. The van der Waals surface area contributed by atoms with Crippen molar-refractivity contribution in [1.82, 2.24) is 14.7 Å². The van der Waals surface area contributed by atoms with Crippen molar-refractivity contribution in [2.75, 3.05) is 44.2 Å². The molecule has 3 aromatic rings. The Kier molecular flexibility index (Phi) is 7.06. The SMILES string of the molecule is O=C(c1ccco1)N1CCN(C(=O)[C@H]2CCCN(c3cccc4c3C(=O)N(Cc3ccccc3Cl)C4=O)C2)CC1. The van der Waals surface area contributed by atoms with Crippen LogP contribution in [-0.2, 0) is 11.3 Å². The average molecular weight is 561 g/mol. The van der Waals surface area contributed by atoms with Gasteiger partial charge in [0.05, 0.1) is 35.5 Å². The summed E-state index contributed by atoms with van der Waals surface area (Å²) >= 11 is 6.30. The average Bonchev–Trinajstić information content (AvgIpc) is 3.61. The number of anilines is 1. The molecule has 6 rings (SSSR count). The van der Waals surface area contributed by atoms with E-state index in [9.17, 15) is 19.2 Å². The standard InChI is InChI=1S/C30H29ClN4O5/c31-23-9-2-1-6-20(23)19-35-28(37)22-8-3-10-24(26(22)30(35)39)34-12-4-7-21(18-34)27(36)32-13-15-33(16-14-32)29(38)25-11-5-17-40-25/h1-3,5-6,8-11,17,21H,4,7,12-16,18-19H2/t21-/m0/s1. The second-order valence-corrected chi connectivity index (χ2v) is 10.8. The summed E-state index contributed by atoms with van der Waals surface area (Å²) in [5.74, 6) is -0.721. The van der Waals surface area contributed by atoms with Gasteiger partial charge in [-0.05, 0) is 48.7 Å². The van der Waals surface area contributed by atoms with Crippen LogP contribution in [0.2, 0.25) is 5.02 Å². The number of imide groups is 1. The Labute approximate surface area is 236 Å². The molecule has 2 fully saturated rings. The van der Waals surface area contributed by atoms with Crippen LogP contribution in [0.5, 0.6) is 0 Å². The monoisotopic (exact) mass is 560 g/mol. The molecule has 3 aliphatic heterocycles. The molecule has 2 saturated heterocycles. The molecule has 4 amide bonds. The number of hydrogen-bond donors (Lipinski definition) is 0. The van der Waals surface area contributed by atoms with Crippen molar-refractivity contribution in [2.24, 2.45) is 5.92 Å². The molecular formula is C30H29ClN4O5. The van der Waals surface area contributed by atoms with Crippen molar-refractivity contribution >= 4 is 40.9 Å². The van der Waals surface area contributed by atoms with E-state index in [0.29, 0.717) is 72.4 Å². The van der Waals surface area contributed by atoms with Crippen LogP contribution in [0.3, 0.4) is 0 Å². The van der Waals surface area contributed by atoms with Gasteiger partial charge in [-0.25, -0.2) is 0 Å². The lowest BCUT2D eigenvalue weighted by Gasteiger charge is -2.39. The van der Waals surface area contributed by atoms with Crippen molar-refractivity contribution < 1.29 is 23.6 Å². The second-order valence-electron chi connectivity index (χ2n) is 10.4. The molecule has 4 heterocycles. The summed E-state index contributed by atoms with van der Waals surface area (Å²) in [6, 6.07) is 15.8. The maximum Gasteiger partial charge on any atom is 0.289 e. The number of carbonyl (C=O) groups excluding carboxylic acids is 4. The molecule has 1 atom stereocenters. The first kappa shape index (κ1) is 26.1. The second kappa shape index (κ2) is 10.8. The fourth-order valence-electron chi connectivity index (χ4n) is 5.86. The van der Waals surface area contributed by atoms with Gasteiger partial charge in [-0.15, -0.1) is 0 Å². The van der Waals surface area contributed by atoms with Gasteiger partial charge in [-0.1, -0.05) is 35.9 Å². The summed E-state index contributed by atoms with van der Waals surface area (Å²) in [7, 11) is 0. The van der Waals surface area contributed by atoms with E-state index in [0.717, 1.165) is 12.8 Å². The van der Waals surface area contributed by atoms with Crippen molar-refractivity contribution in [3.05, 3.63) is 88.3 Å². The van der Waals surface area contributed by atoms with Crippen LogP contribution in [0.25, 0.3) is 0 Å². The number of piperazine rings is 1. The summed E-state index contributed by atoms with van der Waals surface area (Å²) < 4.78 is 5.23. The number of piperidine rings is 1. The van der Waals surface area contributed by atoms with Crippen LogP contribution >= 0.6 is 11.6 Å². The number of fused-ring (bicyclic) bond motifs is 1.